The number of aliphatic hydroxyl groups is 1. The number of amides is 2. The molecule has 0 aliphatic heterocycles. The van der Waals surface area contributed by atoms with Crippen LogP contribution in [0.2, 0.25) is 5.02 Å². The first-order valence-corrected chi connectivity index (χ1v) is 9.87. The van der Waals surface area contributed by atoms with E-state index in [0.29, 0.717) is 22.0 Å². The van der Waals surface area contributed by atoms with E-state index in [9.17, 15) is 14.7 Å². The number of aliphatic hydroxyl groups excluding tert-OH is 1. The molecule has 1 unspecified atom stereocenters. The Kier molecular flexibility index (Phi) is 7.54. The smallest absolute Gasteiger partial charge is 0.253 e. The van der Waals surface area contributed by atoms with Crippen LogP contribution >= 0.6 is 11.6 Å². The molecular weight excluding hydrogens is 402 g/mol. The molecule has 0 saturated heterocycles. The highest BCUT2D eigenvalue weighted by Crippen LogP contribution is 2.20. The number of rotatable bonds is 8. The molecule has 0 fully saturated rings. The van der Waals surface area contributed by atoms with Crippen molar-refractivity contribution < 1.29 is 14.7 Å². The molecule has 30 heavy (non-hydrogen) atoms. The summed E-state index contributed by atoms with van der Waals surface area (Å²) in [4.78, 5) is 29.5. The average Bonchev–Trinajstić information content (AvgIpc) is 2.78. The van der Waals surface area contributed by atoms with Gasteiger partial charge in [-0.05, 0) is 29.8 Å². The minimum absolute atomic E-state index is 0.0555. The Hall–Kier alpha value is -3.22. The molecule has 2 aromatic carbocycles. The number of carbonyl (C=O) groups is 2. The summed E-state index contributed by atoms with van der Waals surface area (Å²) in [7, 11) is 0. The molecule has 0 saturated carbocycles. The Morgan fingerprint density at radius 1 is 0.933 bits per heavy atom. The largest absolute Gasteiger partial charge is 0.390 e. The lowest BCUT2D eigenvalue weighted by molar-refractivity contribution is -0.121. The number of nitrogens with one attached hydrogen (secondary N) is 2. The highest BCUT2D eigenvalue weighted by atomic mass is 35.5. The van der Waals surface area contributed by atoms with Gasteiger partial charge in [-0.1, -0.05) is 60.1 Å². The highest BCUT2D eigenvalue weighted by Gasteiger charge is 2.20. The van der Waals surface area contributed by atoms with Gasteiger partial charge >= 0.3 is 0 Å². The second-order valence-electron chi connectivity index (χ2n) is 6.68. The zero-order chi connectivity index (χ0) is 21.3. The molecule has 0 radical (unpaired) electrons. The zero-order valence-electron chi connectivity index (χ0n) is 16.2. The van der Waals surface area contributed by atoms with Crippen molar-refractivity contribution >= 4 is 23.4 Å². The maximum absolute atomic E-state index is 12.7. The molecule has 0 aliphatic carbocycles. The number of carbonyl (C=O) groups excluding carboxylic acids is 2. The average molecular weight is 424 g/mol. The van der Waals surface area contributed by atoms with E-state index in [4.69, 9.17) is 11.6 Å². The van der Waals surface area contributed by atoms with Crippen LogP contribution in [0.5, 0.6) is 0 Å². The zero-order valence-corrected chi connectivity index (χ0v) is 17.0. The van der Waals surface area contributed by atoms with Gasteiger partial charge in [-0.15, -0.1) is 0 Å². The number of hydrogen-bond donors (Lipinski definition) is 3. The van der Waals surface area contributed by atoms with Gasteiger partial charge in [-0.2, -0.15) is 0 Å². The Labute approximate surface area is 179 Å². The first-order valence-electron chi connectivity index (χ1n) is 9.49. The number of pyridine rings is 1. The van der Waals surface area contributed by atoms with Crippen LogP contribution < -0.4 is 10.6 Å². The molecule has 0 spiro atoms. The molecule has 6 nitrogen and oxygen atoms in total. The molecular formula is C23H22ClN3O3. The predicted molar refractivity (Wildman–Crippen MR) is 115 cm³/mol. The van der Waals surface area contributed by atoms with Crippen LogP contribution in [-0.4, -0.2) is 21.9 Å². The third-order valence-electron chi connectivity index (χ3n) is 4.51. The summed E-state index contributed by atoms with van der Waals surface area (Å²) in [5.41, 5.74) is 2.35. The summed E-state index contributed by atoms with van der Waals surface area (Å²) in [6.45, 7) is 0.0680. The minimum Gasteiger partial charge on any atom is -0.390 e. The van der Waals surface area contributed by atoms with E-state index in [1.807, 2.05) is 30.3 Å². The summed E-state index contributed by atoms with van der Waals surface area (Å²) in [6, 6.07) is 20.8. The lowest BCUT2D eigenvalue weighted by Gasteiger charge is -2.19. The van der Waals surface area contributed by atoms with Crippen molar-refractivity contribution in [3.63, 3.8) is 0 Å². The van der Waals surface area contributed by atoms with Gasteiger partial charge in [0.2, 0.25) is 5.91 Å². The summed E-state index contributed by atoms with van der Waals surface area (Å²) in [5, 5.41) is 15.2. The van der Waals surface area contributed by atoms with Crippen molar-refractivity contribution in [3.8, 4) is 0 Å². The number of benzene rings is 2. The van der Waals surface area contributed by atoms with Gasteiger partial charge in [0.1, 0.15) is 0 Å². The fourth-order valence-corrected chi connectivity index (χ4v) is 3.20. The Morgan fingerprint density at radius 2 is 1.63 bits per heavy atom. The van der Waals surface area contributed by atoms with Crippen LogP contribution in [-0.2, 0) is 17.9 Å². The van der Waals surface area contributed by atoms with Gasteiger partial charge in [0.25, 0.3) is 5.91 Å². The third-order valence-corrected chi connectivity index (χ3v) is 4.84. The topological polar surface area (TPSA) is 91.3 Å². The van der Waals surface area contributed by atoms with Crippen LogP contribution in [0.3, 0.4) is 0 Å². The molecule has 3 aromatic rings. The second kappa shape index (κ2) is 10.5. The van der Waals surface area contributed by atoms with Crippen LogP contribution in [0, 0.1) is 0 Å². The van der Waals surface area contributed by atoms with Gasteiger partial charge in [0.15, 0.2) is 0 Å². The fourth-order valence-electron chi connectivity index (χ4n) is 2.98. The van der Waals surface area contributed by atoms with Gasteiger partial charge in [-0.25, -0.2) is 0 Å². The molecule has 1 atom stereocenters. The van der Waals surface area contributed by atoms with Crippen molar-refractivity contribution in [2.45, 2.75) is 25.6 Å². The summed E-state index contributed by atoms with van der Waals surface area (Å²) in [6.07, 6.45) is 0.0555. The maximum Gasteiger partial charge on any atom is 0.253 e. The predicted octanol–water partition coefficient (Wildman–Crippen LogP) is 3.40. The van der Waals surface area contributed by atoms with E-state index in [-0.39, 0.29) is 31.4 Å². The van der Waals surface area contributed by atoms with E-state index in [0.717, 1.165) is 5.56 Å². The van der Waals surface area contributed by atoms with Crippen LogP contribution in [0.1, 0.15) is 39.8 Å². The fraction of sp³-hybridized carbons (Fsp3) is 0.174. The molecule has 3 N–H and O–H groups in total. The standard InChI is InChI=1S/C23H22ClN3O3/c24-20-12-5-4-11-19(20)23(30)27-21(16-7-2-1-3-8-16)13-22(29)25-14-17-9-6-10-18(15-28)26-17/h1-12,21,28H,13-15H2,(H,25,29)(H,27,30). The molecule has 2 amide bonds. The Morgan fingerprint density at radius 3 is 2.37 bits per heavy atom. The first kappa shape index (κ1) is 21.5. The first-order chi connectivity index (χ1) is 14.6. The van der Waals surface area contributed by atoms with E-state index >= 15 is 0 Å². The number of aromatic nitrogens is 1. The summed E-state index contributed by atoms with van der Waals surface area (Å²) in [5.74, 6) is -0.584. The summed E-state index contributed by atoms with van der Waals surface area (Å²) >= 11 is 6.13. The Bertz CT molecular complexity index is 1010. The SMILES string of the molecule is O=C(CC(NC(=O)c1ccccc1Cl)c1ccccc1)NCc1cccc(CO)n1. The molecule has 1 aromatic heterocycles. The van der Waals surface area contributed by atoms with Gasteiger partial charge < -0.3 is 15.7 Å². The van der Waals surface area contributed by atoms with Crippen LogP contribution in [0.15, 0.2) is 72.8 Å². The monoisotopic (exact) mass is 423 g/mol. The quantitative estimate of drug-likeness (QED) is 0.517. The van der Waals surface area contributed by atoms with Crippen molar-refractivity contribution in [1.29, 1.82) is 0 Å². The van der Waals surface area contributed by atoms with E-state index in [2.05, 4.69) is 15.6 Å². The normalized spacial score (nSPS) is 11.5. The van der Waals surface area contributed by atoms with Crippen molar-refractivity contribution in [2.75, 3.05) is 0 Å². The lowest BCUT2D eigenvalue weighted by atomic mass is 10.0. The second-order valence-corrected chi connectivity index (χ2v) is 7.08. The molecule has 7 heteroatoms. The van der Waals surface area contributed by atoms with Crippen molar-refractivity contribution in [1.82, 2.24) is 15.6 Å². The number of halogens is 1. The van der Waals surface area contributed by atoms with Gasteiger partial charge in [-0.3, -0.25) is 14.6 Å². The summed E-state index contributed by atoms with van der Waals surface area (Å²) < 4.78 is 0. The Balaban J connectivity index is 1.69. The van der Waals surface area contributed by atoms with E-state index < -0.39 is 6.04 Å². The van der Waals surface area contributed by atoms with Crippen LogP contribution in [0.25, 0.3) is 0 Å². The van der Waals surface area contributed by atoms with E-state index in [1.54, 1.807) is 42.5 Å². The van der Waals surface area contributed by atoms with Gasteiger partial charge in [0, 0.05) is 0 Å². The van der Waals surface area contributed by atoms with E-state index in [1.165, 1.54) is 0 Å². The molecule has 0 bridgehead atoms. The highest BCUT2D eigenvalue weighted by molar-refractivity contribution is 6.33. The van der Waals surface area contributed by atoms with Gasteiger partial charge in [0.05, 0.1) is 47.6 Å². The molecule has 154 valence electrons. The lowest BCUT2D eigenvalue weighted by Crippen LogP contribution is -2.34. The van der Waals surface area contributed by atoms with Crippen molar-refractivity contribution in [2.24, 2.45) is 0 Å². The third kappa shape index (κ3) is 5.89. The number of nitrogens with zero attached hydrogens (tertiary/aromatic N) is 1. The maximum atomic E-state index is 12.7. The number of hydrogen-bond acceptors (Lipinski definition) is 4. The molecule has 3 rings (SSSR count). The molecule has 0 aliphatic rings. The molecule has 1 heterocycles. The van der Waals surface area contributed by atoms with Crippen molar-refractivity contribution in [3.05, 3.63) is 100 Å². The van der Waals surface area contributed by atoms with Crippen LogP contribution in [0.4, 0.5) is 0 Å². The minimum atomic E-state index is -0.522.